The monoisotopic (exact) mass is 352 g/mol. The van der Waals surface area contributed by atoms with Gasteiger partial charge in [-0.25, -0.2) is 19.0 Å². The minimum Gasteiger partial charge on any atom is -0.295 e. The molecule has 0 spiro atoms. The molecule has 25 heavy (non-hydrogen) atoms. The molecule has 0 radical (unpaired) electrons. The summed E-state index contributed by atoms with van der Waals surface area (Å²) in [6.07, 6.45) is 1.46. The van der Waals surface area contributed by atoms with Crippen LogP contribution in [-0.2, 0) is 5.75 Å². The fraction of sp³-hybridized carbons (Fsp3) is 0.200. The van der Waals surface area contributed by atoms with Crippen molar-refractivity contribution in [2.45, 2.75) is 24.8 Å². The summed E-state index contributed by atoms with van der Waals surface area (Å²) >= 11 is 1.36. The van der Waals surface area contributed by atoms with Crippen molar-refractivity contribution in [1.29, 1.82) is 5.26 Å². The van der Waals surface area contributed by atoms with Gasteiger partial charge in [-0.15, -0.1) is 5.10 Å². The van der Waals surface area contributed by atoms with Crippen LogP contribution < -0.4 is 5.56 Å². The third kappa shape index (κ3) is 2.64. The number of aryl methyl sites for hydroxylation is 2. The van der Waals surface area contributed by atoms with Crippen molar-refractivity contribution in [2.75, 3.05) is 0 Å². The Hall–Kier alpha value is -3.19. The molecule has 4 aromatic rings. The van der Waals surface area contributed by atoms with Gasteiger partial charge >= 0.3 is 0 Å². The van der Waals surface area contributed by atoms with Crippen molar-refractivity contribution < 1.29 is 0 Å². The molecule has 9 nitrogen and oxygen atoms in total. The van der Waals surface area contributed by atoms with Crippen LogP contribution in [0, 0.1) is 25.2 Å². The number of aromatic nitrogens is 7. The van der Waals surface area contributed by atoms with E-state index in [0.717, 1.165) is 11.4 Å². The highest BCUT2D eigenvalue weighted by atomic mass is 32.2. The van der Waals surface area contributed by atoms with E-state index in [2.05, 4.69) is 25.1 Å². The Morgan fingerprint density at radius 1 is 1.28 bits per heavy atom. The first-order chi connectivity index (χ1) is 12.0. The number of hydrogen-bond acceptors (Lipinski definition) is 7. The highest BCUT2D eigenvalue weighted by Crippen LogP contribution is 2.19. The lowest BCUT2D eigenvalue weighted by Gasteiger charge is -1.99. The van der Waals surface area contributed by atoms with Gasteiger partial charge in [0.05, 0.1) is 5.69 Å². The average Bonchev–Trinajstić information content (AvgIpc) is 3.16. The van der Waals surface area contributed by atoms with Gasteiger partial charge in [0.2, 0.25) is 5.16 Å². The lowest BCUT2D eigenvalue weighted by Crippen LogP contribution is -2.15. The molecule has 4 rings (SSSR count). The van der Waals surface area contributed by atoms with Crippen LogP contribution in [0.15, 0.2) is 28.3 Å². The Morgan fingerprint density at radius 3 is 2.92 bits per heavy atom. The molecular formula is C15H12N8OS. The minimum atomic E-state index is -0.266. The van der Waals surface area contributed by atoms with E-state index in [1.807, 2.05) is 26.0 Å². The topological polar surface area (TPSA) is 117 Å². The van der Waals surface area contributed by atoms with E-state index in [-0.39, 0.29) is 5.56 Å². The summed E-state index contributed by atoms with van der Waals surface area (Å²) in [6, 6.07) is 5.37. The largest absolute Gasteiger partial charge is 0.295 e. The Bertz CT molecular complexity index is 1210. The quantitative estimate of drug-likeness (QED) is 0.551. The lowest BCUT2D eigenvalue weighted by atomic mass is 10.3. The third-order valence-electron chi connectivity index (χ3n) is 3.62. The Morgan fingerprint density at radius 2 is 2.12 bits per heavy atom. The predicted molar refractivity (Wildman–Crippen MR) is 90.3 cm³/mol. The zero-order valence-corrected chi connectivity index (χ0v) is 14.2. The molecule has 0 saturated carbocycles. The number of nitrogens with one attached hydrogen (secondary N) is 1. The molecule has 0 fully saturated rings. The van der Waals surface area contributed by atoms with Crippen LogP contribution >= 0.6 is 11.8 Å². The highest BCUT2D eigenvalue weighted by molar-refractivity contribution is 7.98. The molecular weight excluding hydrogens is 340 g/mol. The second-order valence-electron chi connectivity index (χ2n) is 5.48. The summed E-state index contributed by atoms with van der Waals surface area (Å²) in [5, 5.41) is 16.8. The second-order valence-corrected chi connectivity index (χ2v) is 6.42. The van der Waals surface area contributed by atoms with Crippen LogP contribution in [0.3, 0.4) is 0 Å². The Balaban J connectivity index is 1.65. The molecule has 4 heterocycles. The molecule has 0 atom stereocenters. The zero-order valence-electron chi connectivity index (χ0n) is 13.4. The van der Waals surface area contributed by atoms with E-state index in [9.17, 15) is 4.79 Å². The van der Waals surface area contributed by atoms with Gasteiger partial charge < -0.3 is 0 Å². The SMILES string of the molecule is Cc1cc(C)n2nc(SCc3cc(=O)n4[nH]cc(C#N)c4n3)nc2n1. The fourth-order valence-electron chi connectivity index (χ4n) is 2.53. The summed E-state index contributed by atoms with van der Waals surface area (Å²) in [5.41, 5.74) is 2.77. The van der Waals surface area contributed by atoms with Crippen LogP contribution in [0.1, 0.15) is 22.6 Å². The first-order valence-corrected chi connectivity index (χ1v) is 8.38. The van der Waals surface area contributed by atoms with Crippen LogP contribution in [0.4, 0.5) is 0 Å². The minimum absolute atomic E-state index is 0.266. The smallest absolute Gasteiger partial charge is 0.272 e. The van der Waals surface area contributed by atoms with Crippen molar-refractivity contribution in [3.05, 3.63) is 51.3 Å². The van der Waals surface area contributed by atoms with Crippen LogP contribution in [0.25, 0.3) is 11.4 Å². The number of nitriles is 1. The molecule has 0 aliphatic rings. The highest BCUT2D eigenvalue weighted by Gasteiger charge is 2.12. The van der Waals surface area contributed by atoms with Crippen LogP contribution in [0.2, 0.25) is 0 Å². The predicted octanol–water partition coefficient (Wildman–Crippen LogP) is 1.24. The number of rotatable bonds is 3. The van der Waals surface area contributed by atoms with Gasteiger partial charge in [-0.3, -0.25) is 9.89 Å². The maximum Gasteiger partial charge on any atom is 0.272 e. The van der Waals surface area contributed by atoms with E-state index in [1.54, 1.807) is 4.52 Å². The van der Waals surface area contributed by atoms with Gasteiger partial charge in [0.1, 0.15) is 11.6 Å². The molecule has 0 aliphatic heterocycles. The number of fused-ring (bicyclic) bond motifs is 2. The first kappa shape index (κ1) is 15.3. The number of thioether (sulfide) groups is 1. The molecule has 0 bridgehead atoms. The van der Waals surface area contributed by atoms with Crippen molar-refractivity contribution in [1.82, 2.24) is 34.2 Å². The van der Waals surface area contributed by atoms with Crippen LogP contribution in [-0.4, -0.2) is 34.2 Å². The first-order valence-electron chi connectivity index (χ1n) is 7.39. The zero-order chi connectivity index (χ0) is 17.6. The van der Waals surface area contributed by atoms with Crippen molar-refractivity contribution in [2.24, 2.45) is 0 Å². The van der Waals surface area contributed by atoms with Gasteiger partial charge in [-0.05, 0) is 19.9 Å². The van der Waals surface area contributed by atoms with E-state index < -0.39 is 0 Å². The van der Waals surface area contributed by atoms with Crippen molar-refractivity contribution in [3.63, 3.8) is 0 Å². The molecule has 0 amide bonds. The number of H-pyrrole nitrogens is 1. The summed E-state index contributed by atoms with van der Waals surface area (Å²) in [6.45, 7) is 3.85. The van der Waals surface area contributed by atoms with E-state index in [4.69, 9.17) is 5.26 Å². The maximum absolute atomic E-state index is 12.1. The summed E-state index contributed by atoms with van der Waals surface area (Å²) < 4.78 is 2.92. The molecule has 0 aromatic carbocycles. The Kier molecular flexibility index (Phi) is 3.51. The number of hydrogen-bond donors (Lipinski definition) is 1. The molecule has 1 N–H and O–H groups in total. The van der Waals surface area contributed by atoms with Gasteiger partial charge in [0.15, 0.2) is 5.65 Å². The summed E-state index contributed by atoms with van der Waals surface area (Å²) in [4.78, 5) is 25.2. The maximum atomic E-state index is 12.1. The standard InChI is InChI=1S/C15H12N8OS/c1-8-3-9(2)22-14(18-8)20-15(21-22)25-7-11-4-12(24)23-13(19-11)10(5-16)6-17-23/h3-4,6,17H,7H2,1-2H3. The van der Waals surface area contributed by atoms with Crippen LogP contribution in [0.5, 0.6) is 0 Å². The van der Waals surface area contributed by atoms with Gasteiger partial charge in [-0.1, -0.05) is 11.8 Å². The molecule has 124 valence electrons. The van der Waals surface area contributed by atoms with E-state index in [1.165, 1.54) is 28.5 Å². The van der Waals surface area contributed by atoms with Crippen molar-refractivity contribution >= 4 is 23.2 Å². The molecule has 0 saturated heterocycles. The van der Waals surface area contributed by atoms with Gasteiger partial charge in [-0.2, -0.15) is 10.2 Å². The summed E-state index contributed by atoms with van der Waals surface area (Å²) in [7, 11) is 0. The Labute approximate surface area is 145 Å². The normalized spacial score (nSPS) is 11.2. The van der Waals surface area contributed by atoms with E-state index in [0.29, 0.717) is 33.6 Å². The molecule has 0 unspecified atom stereocenters. The molecule has 4 aromatic heterocycles. The van der Waals surface area contributed by atoms with Gasteiger partial charge in [0.25, 0.3) is 11.3 Å². The lowest BCUT2D eigenvalue weighted by molar-refractivity contribution is 0.842. The third-order valence-corrected chi connectivity index (χ3v) is 4.49. The fourth-order valence-corrected chi connectivity index (χ4v) is 3.24. The number of nitrogens with zero attached hydrogens (tertiary/aromatic N) is 7. The van der Waals surface area contributed by atoms with Crippen molar-refractivity contribution in [3.8, 4) is 6.07 Å². The molecule has 0 aliphatic carbocycles. The van der Waals surface area contributed by atoms with Gasteiger partial charge in [0, 0.05) is 29.4 Å². The second kappa shape index (κ2) is 5.71. The average molecular weight is 352 g/mol. The summed E-state index contributed by atoms with van der Waals surface area (Å²) in [5.74, 6) is 0.956. The molecule has 10 heteroatoms. The number of aromatic amines is 1. The van der Waals surface area contributed by atoms with E-state index >= 15 is 0 Å².